The van der Waals surface area contributed by atoms with Crippen LogP contribution >= 0.6 is 0 Å². The van der Waals surface area contributed by atoms with Crippen LogP contribution in [-0.2, 0) is 14.3 Å². The van der Waals surface area contributed by atoms with Gasteiger partial charge in [-0.3, -0.25) is 0 Å². The second-order valence-electron chi connectivity index (χ2n) is 5.31. The Morgan fingerprint density at radius 3 is 2.35 bits per heavy atom. The van der Waals surface area contributed by atoms with E-state index < -0.39 is 5.97 Å². The molecule has 116 valence electrons. The smallest absolute Gasteiger partial charge is 0.373 e. The molecule has 0 spiro atoms. The minimum absolute atomic E-state index is 0.00902. The molecule has 0 bridgehead atoms. The Kier molecular flexibility index (Phi) is 4.57. The number of rotatable bonds is 4. The highest BCUT2D eigenvalue weighted by Gasteiger charge is 2.32. The first-order chi connectivity index (χ1) is 11.3. The molecule has 2 aromatic carbocycles. The fourth-order valence-corrected chi connectivity index (χ4v) is 2.62. The Labute approximate surface area is 135 Å². The number of hydrogen-bond acceptors (Lipinski definition) is 3. The molecule has 2 aromatic rings. The lowest BCUT2D eigenvalue weighted by molar-refractivity contribution is -0.140. The van der Waals surface area contributed by atoms with Crippen molar-refractivity contribution < 1.29 is 14.3 Å². The quantitative estimate of drug-likeness (QED) is 0.803. The maximum Gasteiger partial charge on any atom is 0.373 e. The van der Waals surface area contributed by atoms with E-state index in [4.69, 9.17) is 9.47 Å². The van der Waals surface area contributed by atoms with Crippen LogP contribution in [0.25, 0.3) is 6.08 Å². The fraction of sp³-hybridized carbons (Fsp3) is 0.150. The van der Waals surface area contributed by atoms with E-state index in [9.17, 15) is 4.79 Å². The molecular formula is C20H18O3. The van der Waals surface area contributed by atoms with Crippen LogP contribution in [0.3, 0.4) is 0 Å². The van der Waals surface area contributed by atoms with Gasteiger partial charge in [0.2, 0.25) is 5.76 Å². The van der Waals surface area contributed by atoms with Crippen molar-refractivity contribution in [3.63, 3.8) is 0 Å². The van der Waals surface area contributed by atoms with Crippen LogP contribution in [0.1, 0.15) is 17.0 Å². The van der Waals surface area contributed by atoms with E-state index in [-0.39, 0.29) is 17.8 Å². The van der Waals surface area contributed by atoms with Gasteiger partial charge in [-0.25, -0.2) is 4.79 Å². The lowest BCUT2D eigenvalue weighted by Crippen LogP contribution is -2.14. The van der Waals surface area contributed by atoms with Gasteiger partial charge in [0, 0.05) is 5.92 Å². The lowest BCUT2D eigenvalue weighted by Gasteiger charge is -2.16. The third-order valence-electron chi connectivity index (χ3n) is 3.80. The van der Waals surface area contributed by atoms with Crippen LogP contribution in [0.4, 0.5) is 0 Å². The Morgan fingerprint density at radius 1 is 1.04 bits per heavy atom. The molecule has 0 saturated carbocycles. The molecule has 0 unspecified atom stereocenters. The molecule has 0 amide bonds. The topological polar surface area (TPSA) is 35.5 Å². The largest absolute Gasteiger partial charge is 0.478 e. The molecule has 0 aliphatic carbocycles. The third kappa shape index (κ3) is 3.51. The summed E-state index contributed by atoms with van der Waals surface area (Å²) in [5.74, 6) is -0.184. The summed E-state index contributed by atoms with van der Waals surface area (Å²) in [6.07, 6.45) is 5.60. The zero-order valence-electron chi connectivity index (χ0n) is 12.9. The molecule has 1 aliphatic rings. The van der Waals surface area contributed by atoms with Gasteiger partial charge in [-0.2, -0.15) is 0 Å². The highest BCUT2D eigenvalue weighted by atomic mass is 16.6. The standard InChI is InChI=1S/C20H18O3/c1-22-20(21)19-14-17(16-10-6-3-7-11-16)18(23-19)13-12-15-8-4-2-5-9-15/h2-14,17-18H,1H3/b13-12+/t17-,18+/m1/s1. The molecule has 0 radical (unpaired) electrons. The molecule has 3 nitrogen and oxygen atoms in total. The first-order valence-electron chi connectivity index (χ1n) is 7.53. The summed E-state index contributed by atoms with van der Waals surface area (Å²) in [6.45, 7) is 0. The maximum absolute atomic E-state index is 11.8. The second-order valence-corrected chi connectivity index (χ2v) is 5.31. The van der Waals surface area contributed by atoms with Gasteiger partial charge < -0.3 is 9.47 Å². The van der Waals surface area contributed by atoms with Gasteiger partial charge in [0.05, 0.1) is 7.11 Å². The molecule has 3 rings (SSSR count). The average molecular weight is 306 g/mol. The first kappa shape index (κ1) is 15.1. The van der Waals surface area contributed by atoms with E-state index in [2.05, 4.69) is 0 Å². The molecule has 23 heavy (non-hydrogen) atoms. The van der Waals surface area contributed by atoms with Crippen molar-refractivity contribution in [3.8, 4) is 0 Å². The number of esters is 1. The molecule has 2 atom stereocenters. The first-order valence-corrected chi connectivity index (χ1v) is 7.53. The van der Waals surface area contributed by atoms with Gasteiger partial charge in [0.15, 0.2) is 0 Å². The lowest BCUT2D eigenvalue weighted by atomic mass is 9.93. The van der Waals surface area contributed by atoms with E-state index in [1.165, 1.54) is 7.11 Å². The van der Waals surface area contributed by atoms with Crippen LogP contribution in [0.5, 0.6) is 0 Å². The second kappa shape index (κ2) is 6.97. The summed E-state index contributed by atoms with van der Waals surface area (Å²) in [7, 11) is 1.36. The number of hydrogen-bond donors (Lipinski definition) is 0. The van der Waals surface area contributed by atoms with Crippen molar-refractivity contribution in [2.24, 2.45) is 0 Å². The number of carbonyl (C=O) groups is 1. The summed E-state index contributed by atoms with van der Waals surface area (Å²) >= 11 is 0. The molecular weight excluding hydrogens is 288 g/mol. The highest BCUT2D eigenvalue weighted by molar-refractivity contribution is 5.87. The van der Waals surface area contributed by atoms with Crippen molar-refractivity contribution in [2.75, 3.05) is 7.11 Å². The summed E-state index contributed by atoms with van der Waals surface area (Å²) in [5.41, 5.74) is 2.20. The predicted molar refractivity (Wildman–Crippen MR) is 89.6 cm³/mol. The monoisotopic (exact) mass is 306 g/mol. The summed E-state index contributed by atoms with van der Waals surface area (Å²) < 4.78 is 10.6. The van der Waals surface area contributed by atoms with Crippen molar-refractivity contribution in [1.29, 1.82) is 0 Å². The Bertz CT molecular complexity index is 717. The van der Waals surface area contributed by atoms with Crippen molar-refractivity contribution in [3.05, 3.63) is 89.7 Å². The molecule has 0 aromatic heterocycles. The van der Waals surface area contributed by atoms with E-state index in [1.54, 1.807) is 0 Å². The number of methoxy groups -OCH3 is 1. The maximum atomic E-state index is 11.8. The van der Waals surface area contributed by atoms with E-state index >= 15 is 0 Å². The van der Waals surface area contributed by atoms with Crippen molar-refractivity contribution in [2.45, 2.75) is 12.0 Å². The normalized spacial score (nSPS) is 20.1. The number of benzene rings is 2. The summed E-state index contributed by atoms with van der Waals surface area (Å²) in [5, 5.41) is 0. The van der Waals surface area contributed by atoms with Gasteiger partial charge in [-0.1, -0.05) is 66.7 Å². The minimum Gasteiger partial charge on any atom is -0.478 e. The SMILES string of the molecule is COC(=O)C1=C[C@H](c2ccccc2)[C@H](/C=C/c2ccccc2)O1. The summed E-state index contributed by atoms with van der Waals surface area (Å²) in [6, 6.07) is 20.0. The van der Waals surface area contributed by atoms with E-state index in [0.717, 1.165) is 11.1 Å². The Morgan fingerprint density at radius 2 is 1.70 bits per heavy atom. The van der Waals surface area contributed by atoms with Gasteiger partial charge >= 0.3 is 5.97 Å². The van der Waals surface area contributed by atoms with E-state index in [1.807, 2.05) is 78.9 Å². The molecule has 3 heteroatoms. The van der Waals surface area contributed by atoms with Crippen LogP contribution in [0.2, 0.25) is 0 Å². The number of ether oxygens (including phenoxy) is 2. The Balaban J connectivity index is 1.86. The zero-order valence-corrected chi connectivity index (χ0v) is 12.9. The van der Waals surface area contributed by atoms with Crippen molar-refractivity contribution in [1.82, 2.24) is 0 Å². The fourth-order valence-electron chi connectivity index (χ4n) is 2.62. The van der Waals surface area contributed by atoms with Crippen LogP contribution in [-0.4, -0.2) is 19.2 Å². The molecule has 1 aliphatic heterocycles. The van der Waals surface area contributed by atoms with Crippen LogP contribution < -0.4 is 0 Å². The van der Waals surface area contributed by atoms with Gasteiger partial charge in [-0.05, 0) is 23.3 Å². The van der Waals surface area contributed by atoms with Crippen LogP contribution in [0, 0.1) is 0 Å². The molecule has 1 heterocycles. The van der Waals surface area contributed by atoms with Gasteiger partial charge in [-0.15, -0.1) is 0 Å². The van der Waals surface area contributed by atoms with Gasteiger partial charge in [0.1, 0.15) is 6.10 Å². The van der Waals surface area contributed by atoms with Crippen LogP contribution in [0.15, 0.2) is 78.6 Å². The van der Waals surface area contributed by atoms with Gasteiger partial charge in [0.25, 0.3) is 0 Å². The third-order valence-corrected chi connectivity index (χ3v) is 3.80. The zero-order chi connectivity index (χ0) is 16.1. The summed E-state index contributed by atoms with van der Waals surface area (Å²) in [4.78, 5) is 11.8. The van der Waals surface area contributed by atoms with Crippen molar-refractivity contribution >= 4 is 12.0 Å². The minimum atomic E-state index is -0.443. The van der Waals surface area contributed by atoms with E-state index in [0.29, 0.717) is 0 Å². The number of carbonyl (C=O) groups excluding carboxylic acids is 1. The Hall–Kier alpha value is -2.81. The predicted octanol–water partition coefficient (Wildman–Crippen LogP) is 3.94. The average Bonchev–Trinajstić information content (AvgIpc) is 3.05. The molecule has 0 fully saturated rings. The molecule has 0 N–H and O–H groups in total. The molecule has 0 saturated heterocycles. The highest BCUT2D eigenvalue weighted by Crippen LogP contribution is 2.34.